The maximum absolute atomic E-state index is 4.34. The van der Waals surface area contributed by atoms with Crippen LogP contribution in [0.2, 0.25) is 0 Å². The Morgan fingerprint density at radius 2 is 2.00 bits per heavy atom. The molecule has 24 heavy (non-hydrogen) atoms. The van der Waals surface area contributed by atoms with Crippen LogP contribution in [0, 0.1) is 5.92 Å². The minimum Gasteiger partial charge on any atom is -0.356 e. The standard InChI is InChI=1S/C19H25N3S.HI/c1-14(18-9-6-10-23-18)12-21-19(20-2)22-13-16-11-17(16)15-7-4-3-5-8-15;/h3-10,14,16-17H,11-13H2,1-2H3,(H2,20,21,22);1H. The van der Waals surface area contributed by atoms with Gasteiger partial charge in [-0.1, -0.05) is 43.3 Å². The van der Waals surface area contributed by atoms with Gasteiger partial charge in [0.15, 0.2) is 5.96 Å². The molecule has 0 radical (unpaired) electrons. The molecule has 1 fully saturated rings. The summed E-state index contributed by atoms with van der Waals surface area (Å²) in [6.45, 7) is 4.15. The number of nitrogens with one attached hydrogen (secondary N) is 2. The molecule has 2 N–H and O–H groups in total. The monoisotopic (exact) mass is 455 g/mol. The molecular weight excluding hydrogens is 429 g/mol. The summed E-state index contributed by atoms with van der Waals surface area (Å²) in [7, 11) is 1.84. The highest BCUT2D eigenvalue weighted by atomic mass is 127. The van der Waals surface area contributed by atoms with Crippen LogP contribution in [-0.2, 0) is 0 Å². The number of benzene rings is 1. The third-order valence-corrected chi connectivity index (χ3v) is 5.61. The molecule has 0 aliphatic heterocycles. The lowest BCUT2D eigenvalue weighted by molar-refractivity contribution is 0.685. The molecule has 1 aromatic heterocycles. The van der Waals surface area contributed by atoms with Crippen molar-refractivity contribution in [1.29, 1.82) is 0 Å². The van der Waals surface area contributed by atoms with Crippen LogP contribution in [0.4, 0.5) is 0 Å². The first-order valence-corrected chi connectivity index (χ1v) is 9.18. The molecule has 3 nitrogen and oxygen atoms in total. The van der Waals surface area contributed by atoms with E-state index in [0.717, 1.165) is 25.0 Å². The van der Waals surface area contributed by atoms with Crippen LogP contribution in [0.25, 0.3) is 0 Å². The van der Waals surface area contributed by atoms with E-state index in [0.29, 0.717) is 11.8 Å². The Kier molecular flexibility index (Phi) is 7.55. The van der Waals surface area contributed by atoms with Crippen molar-refractivity contribution < 1.29 is 0 Å². The zero-order valence-corrected chi connectivity index (χ0v) is 17.4. The number of nitrogens with zero attached hydrogens (tertiary/aromatic N) is 1. The summed E-state index contributed by atoms with van der Waals surface area (Å²) in [5.41, 5.74) is 1.47. The van der Waals surface area contributed by atoms with Crippen LogP contribution < -0.4 is 10.6 Å². The maximum Gasteiger partial charge on any atom is 0.191 e. The zero-order valence-electron chi connectivity index (χ0n) is 14.2. The highest BCUT2D eigenvalue weighted by molar-refractivity contribution is 14.0. The van der Waals surface area contributed by atoms with Gasteiger partial charge in [0.05, 0.1) is 0 Å². The first-order valence-electron chi connectivity index (χ1n) is 8.30. The Balaban J connectivity index is 0.00000208. The third kappa shape index (κ3) is 5.21. The summed E-state index contributed by atoms with van der Waals surface area (Å²) in [6.07, 6.45) is 1.28. The van der Waals surface area contributed by atoms with Gasteiger partial charge in [-0.3, -0.25) is 4.99 Å². The number of guanidine groups is 1. The summed E-state index contributed by atoms with van der Waals surface area (Å²) >= 11 is 1.82. The van der Waals surface area contributed by atoms with Crippen molar-refractivity contribution in [1.82, 2.24) is 10.6 Å². The Bertz CT molecular complexity index is 627. The van der Waals surface area contributed by atoms with Crippen molar-refractivity contribution in [2.75, 3.05) is 20.1 Å². The van der Waals surface area contributed by atoms with Gasteiger partial charge in [0.25, 0.3) is 0 Å². The fraction of sp³-hybridized carbons (Fsp3) is 0.421. The van der Waals surface area contributed by atoms with Crippen molar-refractivity contribution in [3.05, 3.63) is 58.3 Å². The number of hydrogen-bond donors (Lipinski definition) is 2. The molecule has 0 amide bonds. The Hall–Kier alpha value is -1.08. The fourth-order valence-corrected chi connectivity index (χ4v) is 3.74. The second-order valence-electron chi connectivity index (χ2n) is 6.26. The van der Waals surface area contributed by atoms with Crippen LogP contribution in [0.1, 0.15) is 35.6 Å². The van der Waals surface area contributed by atoms with E-state index in [9.17, 15) is 0 Å². The van der Waals surface area contributed by atoms with Crippen molar-refractivity contribution >= 4 is 41.3 Å². The number of rotatable bonds is 6. The van der Waals surface area contributed by atoms with Crippen molar-refractivity contribution in [3.8, 4) is 0 Å². The molecule has 3 atom stereocenters. The zero-order chi connectivity index (χ0) is 16.1. The second kappa shape index (κ2) is 9.42. The van der Waals surface area contributed by atoms with E-state index in [1.54, 1.807) is 0 Å². The van der Waals surface area contributed by atoms with E-state index in [2.05, 4.69) is 70.4 Å². The molecule has 0 spiro atoms. The van der Waals surface area contributed by atoms with Crippen molar-refractivity contribution in [2.45, 2.75) is 25.2 Å². The highest BCUT2D eigenvalue weighted by Gasteiger charge is 2.37. The van der Waals surface area contributed by atoms with E-state index < -0.39 is 0 Å². The molecule has 3 rings (SSSR count). The summed E-state index contributed by atoms with van der Waals surface area (Å²) in [5, 5.41) is 9.05. The second-order valence-corrected chi connectivity index (χ2v) is 7.24. The van der Waals surface area contributed by atoms with Crippen LogP contribution in [0.5, 0.6) is 0 Å². The number of halogens is 1. The topological polar surface area (TPSA) is 36.4 Å². The van der Waals surface area contributed by atoms with Gasteiger partial charge in [-0.2, -0.15) is 0 Å². The summed E-state index contributed by atoms with van der Waals surface area (Å²) < 4.78 is 0. The molecule has 1 aliphatic carbocycles. The lowest BCUT2D eigenvalue weighted by Gasteiger charge is -2.15. The predicted molar refractivity (Wildman–Crippen MR) is 115 cm³/mol. The predicted octanol–water partition coefficient (Wildman–Crippen LogP) is 4.44. The van der Waals surface area contributed by atoms with Gasteiger partial charge in [0.2, 0.25) is 0 Å². The minimum absolute atomic E-state index is 0. The quantitative estimate of drug-likeness (QED) is 0.384. The van der Waals surface area contributed by atoms with Gasteiger partial charge in [0, 0.05) is 30.9 Å². The van der Waals surface area contributed by atoms with E-state index in [1.807, 2.05) is 18.4 Å². The SMILES string of the molecule is CN=C(NCC(C)c1cccs1)NCC1CC1c1ccccc1.I. The number of hydrogen-bond acceptors (Lipinski definition) is 2. The molecule has 130 valence electrons. The van der Waals surface area contributed by atoms with Crippen molar-refractivity contribution in [3.63, 3.8) is 0 Å². The number of aliphatic imine (C=N–C) groups is 1. The minimum atomic E-state index is 0. The molecule has 5 heteroatoms. The highest BCUT2D eigenvalue weighted by Crippen LogP contribution is 2.46. The van der Waals surface area contributed by atoms with Gasteiger partial charge < -0.3 is 10.6 Å². The van der Waals surface area contributed by atoms with Gasteiger partial charge in [-0.15, -0.1) is 35.3 Å². The molecule has 1 heterocycles. The lowest BCUT2D eigenvalue weighted by Crippen LogP contribution is -2.40. The van der Waals surface area contributed by atoms with Gasteiger partial charge in [-0.25, -0.2) is 0 Å². The average Bonchev–Trinajstić information content (AvgIpc) is 3.16. The van der Waals surface area contributed by atoms with E-state index in [-0.39, 0.29) is 24.0 Å². The molecule has 1 saturated carbocycles. The van der Waals surface area contributed by atoms with Crippen molar-refractivity contribution in [2.24, 2.45) is 10.9 Å². The summed E-state index contributed by atoms with van der Waals surface area (Å²) in [6, 6.07) is 15.1. The van der Waals surface area contributed by atoms with E-state index in [4.69, 9.17) is 0 Å². The van der Waals surface area contributed by atoms with Crippen LogP contribution >= 0.6 is 35.3 Å². The van der Waals surface area contributed by atoms with E-state index in [1.165, 1.54) is 16.9 Å². The average molecular weight is 455 g/mol. The molecule has 3 unspecified atom stereocenters. The third-order valence-electron chi connectivity index (χ3n) is 4.51. The van der Waals surface area contributed by atoms with Crippen LogP contribution in [0.15, 0.2) is 52.8 Å². The summed E-state index contributed by atoms with van der Waals surface area (Å²) in [4.78, 5) is 5.75. The molecular formula is C19H26IN3S. The molecule has 1 aliphatic rings. The first-order chi connectivity index (χ1) is 11.3. The van der Waals surface area contributed by atoms with Crippen LogP contribution in [-0.4, -0.2) is 26.1 Å². The Labute approximate surface area is 166 Å². The first kappa shape index (κ1) is 19.2. The largest absolute Gasteiger partial charge is 0.356 e. The normalized spacial score (nSPS) is 20.8. The van der Waals surface area contributed by atoms with Gasteiger partial charge >= 0.3 is 0 Å². The number of thiophene rings is 1. The fourth-order valence-electron chi connectivity index (χ4n) is 2.95. The lowest BCUT2D eigenvalue weighted by atomic mass is 10.1. The van der Waals surface area contributed by atoms with Gasteiger partial charge in [0.1, 0.15) is 0 Å². The molecule has 0 saturated heterocycles. The molecule has 0 bridgehead atoms. The Morgan fingerprint density at radius 1 is 1.21 bits per heavy atom. The van der Waals surface area contributed by atoms with Crippen LogP contribution in [0.3, 0.4) is 0 Å². The molecule has 1 aromatic carbocycles. The molecule has 2 aromatic rings. The summed E-state index contributed by atoms with van der Waals surface area (Å²) in [5.74, 6) is 2.86. The van der Waals surface area contributed by atoms with Gasteiger partial charge in [-0.05, 0) is 35.3 Å². The maximum atomic E-state index is 4.34. The smallest absolute Gasteiger partial charge is 0.191 e. The Morgan fingerprint density at radius 3 is 2.67 bits per heavy atom. The van der Waals surface area contributed by atoms with E-state index >= 15 is 0 Å².